The van der Waals surface area contributed by atoms with E-state index in [1.54, 1.807) is 0 Å². The van der Waals surface area contributed by atoms with Crippen molar-refractivity contribution in [1.29, 1.82) is 0 Å². The quantitative estimate of drug-likeness (QED) is 0.0529. The lowest BCUT2D eigenvalue weighted by molar-refractivity contribution is -0.140. The highest BCUT2D eigenvalue weighted by Crippen LogP contribution is 2.45. The number of hydrogen-bond donors (Lipinski definition) is 2. The van der Waals surface area contributed by atoms with Crippen molar-refractivity contribution in [2.24, 2.45) is 17.8 Å². The van der Waals surface area contributed by atoms with Gasteiger partial charge in [0.25, 0.3) is 0 Å². The van der Waals surface area contributed by atoms with Gasteiger partial charge in [0.05, 0.1) is 60.3 Å². The van der Waals surface area contributed by atoms with E-state index in [1.807, 2.05) is 0 Å². The first-order valence-electron chi connectivity index (χ1n) is 20.5. The van der Waals surface area contributed by atoms with Crippen LogP contribution in [0.2, 0.25) is 38.3 Å². The Kier molecular flexibility index (Phi) is 18.4. The largest absolute Gasteiger partial charge is 0.494 e. The third-order valence-corrected chi connectivity index (χ3v) is 19.1. The Balaban J connectivity index is 1.83. The molecule has 0 spiro atoms. The first-order chi connectivity index (χ1) is 24.8. The van der Waals surface area contributed by atoms with E-state index in [-0.39, 0.29) is 11.1 Å². The van der Waals surface area contributed by atoms with Crippen molar-refractivity contribution >= 4 is 38.5 Å². The molecule has 0 aromatic heterocycles. The van der Waals surface area contributed by atoms with Crippen molar-refractivity contribution in [3.05, 3.63) is 42.0 Å². The van der Waals surface area contributed by atoms with Crippen LogP contribution in [0.25, 0.3) is 0 Å². The van der Waals surface area contributed by atoms with E-state index in [0.29, 0.717) is 25.7 Å². The number of aliphatic hydroxyl groups is 2. The number of ether oxygens (including phenoxy) is 3. The van der Waals surface area contributed by atoms with Crippen molar-refractivity contribution < 1.29 is 34.0 Å². The van der Waals surface area contributed by atoms with Gasteiger partial charge in [-0.2, -0.15) is 0 Å². The van der Waals surface area contributed by atoms with Crippen LogP contribution in [0.15, 0.2) is 36.4 Å². The summed E-state index contributed by atoms with van der Waals surface area (Å²) in [7, 11) is -4.14. The molecule has 0 heterocycles. The van der Waals surface area contributed by atoms with Crippen molar-refractivity contribution in [1.82, 2.24) is 0 Å². The van der Waals surface area contributed by atoms with Crippen LogP contribution in [0, 0.1) is 17.8 Å². The maximum atomic E-state index is 12.1. The third kappa shape index (κ3) is 13.0. The maximum Gasteiger partial charge on any atom is 0.335 e. The first kappa shape index (κ1) is 44.2. The van der Waals surface area contributed by atoms with E-state index in [4.69, 9.17) is 14.2 Å². The predicted octanol–water partition coefficient (Wildman–Crippen LogP) is 8.54. The molecule has 2 aliphatic carbocycles. The Morgan fingerprint density at radius 1 is 0.712 bits per heavy atom. The summed E-state index contributed by atoms with van der Waals surface area (Å²) in [4.78, 5) is 24.3. The van der Waals surface area contributed by atoms with E-state index in [1.165, 1.54) is 93.0 Å². The van der Waals surface area contributed by atoms with Gasteiger partial charge in [0.2, 0.25) is 0 Å². The van der Waals surface area contributed by atoms with Gasteiger partial charge in [0.15, 0.2) is 0 Å². The zero-order chi connectivity index (χ0) is 38.3. The molecule has 2 fully saturated rings. The Morgan fingerprint density at radius 3 is 1.60 bits per heavy atom. The molecule has 52 heavy (non-hydrogen) atoms. The summed E-state index contributed by atoms with van der Waals surface area (Å²) < 4.78 is 17.5. The Labute approximate surface area is 318 Å². The number of carbonyl (C=O) groups excluding carboxylic acids is 2. The third-order valence-electron chi connectivity index (χ3n) is 12.2. The average molecular weight is 757 g/mol. The molecule has 0 radical (unpaired) electrons. The van der Waals surface area contributed by atoms with E-state index in [0.717, 1.165) is 48.4 Å². The van der Waals surface area contributed by atoms with Crippen molar-refractivity contribution in [2.75, 3.05) is 33.0 Å². The van der Waals surface area contributed by atoms with Gasteiger partial charge in [-0.3, -0.25) is 0 Å². The number of aliphatic hydroxyl groups excluding tert-OH is 2. The summed E-state index contributed by atoms with van der Waals surface area (Å²) in [6.07, 6.45) is 17.9. The summed E-state index contributed by atoms with van der Waals surface area (Å²) in [5.41, 5.74) is 1.62. The normalized spacial score (nSPS) is 21.0. The van der Waals surface area contributed by atoms with Crippen LogP contribution in [-0.2, 0) is 19.1 Å². The predicted molar refractivity (Wildman–Crippen MR) is 219 cm³/mol. The molecular weight excluding hydrogens is 685 g/mol. The minimum Gasteiger partial charge on any atom is -0.494 e. The molecule has 0 saturated heterocycles. The summed E-state index contributed by atoms with van der Waals surface area (Å²) in [5.74, 6) is 3.26. The minimum absolute atomic E-state index is 0.0811. The highest BCUT2D eigenvalue weighted by atomic mass is 28.3. The average Bonchev–Trinajstić information content (AvgIpc) is 3.14. The van der Waals surface area contributed by atoms with Crippen LogP contribution < -0.4 is 15.1 Å². The minimum atomic E-state index is -2.07. The number of hydrogen-bond acceptors (Lipinski definition) is 7. The number of esters is 2. The molecule has 0 unspecified atom stereocenters. The van der Waals surface area contributed by atoms with Crippen molar-refractivity contribution in [2.45, 2.75) is 148 Å². The van der Waals surface area contributed by atoms with Gasteiger partial charge in [0, 0.05) is 0 Å². The van der Waals surface area contributed by atoms with Gasteiger partial charge >= 0.3 is 11.9 Å². The lowest BCUT2D eigenvalue weighted by Gasteiger charge is -2.39. The summed E-state index contributed by atoms with van der Waals surface area (Å²) >= 11 is 0. The molecule has 0 bridgehead atoms. The van der Waals surface area contributed by atoms with Crippen LogP contribution in [0.3, 0.4) is 0 Å². The molecule has 0 aliphatic heterocycles. The molecule has 2 N–H and O–H groups in total. The van der Waals surface area contributed by atoms with E-state index in [2.05, 4.69) is 65.3 Å². The van der Waals surface area contributed by atoms with Crippen LogP contribution in [0.1, 0.15) is 115 Å². The Bertz CT molecular complexity index is 1240. The van der Waals surface area contributed by atoms with Crippen LogP contribution >= 0.6 is 0 Å². The lowest BCUT2D eigenvalue weighted by atomic mass is 9.68. The van der Waals surface area contributed by atoms with Gasteiger partial charge in [-0.25, -0.2) is 9.59 Å². The number of unbranched alkanes of at least 4 members (excludes halogenated alkanes) is 2. The molecule has 1 aromatic carbocycles. The van der Waals surface area contributed by atoms with Crippen molar-refractivity contribution in [3.63, 3.8) is 0 Å². The fraction of sp³-hybridized carbons (Fsp3) is 0.721. The fourth-order valence-corrected chi connectivity index (χ4v) is 14.2. The molecule has 2 aliphatic rings. The zero-order valence-corrected chi connectivity index (χ0v) is 35.7. The van der Waals surface area contributed by atoms with Gasteiger partial charge < -0.3 is 24.4 Å². The molecule has 3 rings (SSSR count). The number of carbonyl (C=O) groups is 2. The van der Waals surface area contributed by atoms with E-state index >= 15 is 0 Å². The second-order valence-corrected chi connectivity index (χ2v) is 26.6. The molecule has 0 amide bonds. The van der Waals surface area contributed by atoms with Crippen LogP contribution in [0.5, 0.6) is 5.75 Å². The van der Waals surface area contributed by atoms with Gasteiger partial charge in [0.1, 0.15) is 5.75 Å². The molecule has 9 heteroatoms. The summed E-state index contributed by atoms with van der Waals surface area (Å²) in [5, 5.41) is 21.2. The molecule has 2 saturated carbocycles. The second kappa shape index (κ2) is 21.6. The monoisotopic (exact) mass is 756 g/mol. The van der Waals surface area contributed by atoms with Crippen molar-refractivity contribution in [3.8, 4) is 5.75 Å². The lowest BCUT2D eigenvalue weighted by Crippen LogP contribution is -2.50. The van der Waals surface area contributed by atoms with Crippen LogP contribution in [-0.4, -0.2) is 71.3 Å². The van der Waals surface area contributed by atoms with Gasteiger partial charge in [-0.05, 0) is 97.9 Å². The second-order valence-electron chi connectivity index (χ2n) is 17.0. The fourth-order valence-electron chi connectivity index (χ4n) is 8.71. The van der Waals surface area contributed by atoms with Gasteiger partial charge in [-0.15, -0.1) is 0 Å². The molecule has 7 nitrogen and oxygen atoms in total. The Hall–Kier alpha value is -2.21. The summed E-state index contributed by atoms with van der Waals surface area (Å²) in [6, 6.07) is 6.88. The molecule has 0 atom stereocenters. The molecule has 1 aromatic rings. The zero-order valence-electron chi connectivity index (χ0n) is 33.7. The SMILES string of the molecule is C=C(CO)C(=O)OCCC[Si](C)(C)c1cc(C2CCC(C3CCC(CCCCC)CC3)CC2)cc([Si](C)(C)CCCOC(=O)C(=C)CO)c1OCC. The van der Waals surface area contributed by atoms with E-state index in [9.17, 15) is 19.8 Å². The van der Waals surface area contributed by atoms with Crippen LogP contribution in [0.4, 0.5) is 0 Å². The van der Waals surface area contributed by atoms with Gasteiger partial charge in [-0.1, -0.05) is 109 Å². The van der Waals surface area contributed by atoms with E-state index < -0.39 is 41.3 Å². The highest BCUT2D eigenvalue weighted by molar-refractivity contribution is 6.93. The first-order valence-corrected chi connectivity index (χ1v) is 26.9. The Morgan fingerprint density at radius 2 is 1.17 bits per heavy atom. The highest BCUT2D eigenvalue weighted by Gasteiger charge is 2.37. The molecular formula is C43H72O7Si2. The standard InChI is InChI=1S/C43H72O7Si2/c1-9-11-12-15-34-16-18-35(19-17-34)36-20-22-37(23-21-36)38-28-39(51(5,6)26-13-24-49-42(46)32(3)30-44)41(48-10-2)40(29-38)52(7,8)27-14-25-50-43(47)33(4)31-45/h28-29,34-37,44-45H,3-4,9-27,30-31H2,1-2,5-8H3. The topological polar surface area (TPSA) is 102 Å². The molecule has 294 valence electrons. The smallest absolute Gasteiger partial charge is 0.335 e. The summed E-state index contributed by atoms with van der Waals surface area (Å²) in [6.45, 7) is 21.6. The number of benzene rings is 1. The number of rotatable bonds is 22. The maximum absolute atomic E-state index is 12.1.